The highest BCUT2D eigenvalue weighted by atomic mass is 16.5. The van der Waals surface area contributed by atoms with Crippen molar-refractivity contribution in [3.8, 4) is 0 Å². The highest BCUT2D eigenvalue weighted by molar-refractivity contribution is 5.84. The van der Waals surface area contributed by atoms with E-state index in [4.69, 9.17) is 4.74 Å². The predicted molar refractivity (Wildman–Crippen MR) is 84.1 cm³/mol. The summed E-state index contributed by atoms with van der Waals surface area (Å²) in [5.74, 6) is 0.183. The predicted octanol–water partition coefficient (Wildman–Crippen LogP) is 2.55. The van der Waals surface area contributed by atoms with Crippen LogP contribution in [0, 0.1) is 13.8 Å². The van der Waals surface area contributed by atoms with Crippen LogP contribution in [0.1, 0.15) is 43.1 Å². The Morgan fingerprint density at radius 1 is 1.29 bits per heavy atom. The van der Waals surface area contributed by atoms with Gasteiger partial charge in [-0.05, 0) is 38.3 Å². The molecule has 0 radical (unpaired) electrons. The van der Waals surface area contributed by atoms with Gasteiger partial charge >= 0.3 is 0 Å². The summed E-state index contributed by atoms with van der Waals surface area (Å²) < 4.78 is 5.43. The Kier molecular flexibility index (Phi) is 5.37. The Balaban J connectivity index is 2.25. The lowest BCUT2D eigenvalue weighted by Gasteiger charge is -2.26. The first kappa shape index (κ1) is 16.0. The first-order valence-electron chi connectivity index (χ1n) is 7.79. The molecule has 116 valence electrons. The lowest BCUT2D eigenvalue weighted by Crippen LogP contribution is -2.34. The zero-order valence-electron chi connectivity index (χ0n) is 13.5. The van der Waals surface area contributed by atoms with E-state index in [1.165, 1.54) is 16.7 Å². The largest absolute Gasteiger partial charge is 0.380 e. The summed E-state index contributed by atoms with van der Waals surface area (Å²) in [6.45, 7) is 10.1. The maximum absolute atomic E-state index is 12.5. The average Bonchev–Trinajstić information content (AvgIpc) is 2.79. The molecule has 21 heavy (non-hydrogen) atoms. The molecule has 0 aromatic heterocycles. The van der Waals surface area contributed by atoms with Crippen LogP contribution in [0.2, 0.25) is 0 Å². The van der Waals surface area contributed by atoms with Crippen LogP contribution >= 0.6 is 0 Å². The van der Waals surface area contributed by atoms with Crippen molar-refractivity contribution in [2.45, 2.75) is 46.3 Å². The molecule has 0 bridgehead atoms. The molecule has 1 amide bonds. The molecule has 2 rings (SSSR count). The van der Waals surface area contributed by atoms with Gasteiger partial charge in [-0.25, -0.2) is 0 Å². The minimum atomic E-state index is -0.0865. The smallest absolute Gasteiger partial charge is 0.241 e. The average molecular weight is 290 g/mol. The lowest BCUT2D eigenvalue weighted by atomic mass is 10.0. The molecular formula is C17H26N2O2. The Morgan fingerprint density at radius 2 is 2.05 bits per heavy atom. The third-order valence-electron chi connectivity index (χ3n) is 4.07. The van der Waals surface area contributed by atoms with Crippen molar-refractivity contribution in [2.24, 2.45) is 0 Å². The van der Waals surface area contributed by atoms with Gasteiger partial charge < -0.3 is 9.64 Å². The first-order valence-corrected chi connectivity index (χ1v) is 7.79. The second-order valence-corrected chi connectivity index (χ2v) is 5.62. The van der Waals surface area contributed by atoms with Crippen LogP contribution in [-0.2, 0) is 9.53 Å². The van der Waals surface area contributed by atoms with E-state index in [0.29, 0.717) is 19.8 Å². The van der Waals surface area contributed by atoms with Crippen LogP contribution in [0.5, 0.6) is 0 Å². The maximum Gasteiger partial charge on any atom is 0.241 e. The highest BCUT2D eigenvalue weighted by Gasteiger charge is 2.38. The summed E-state index contributed by atoms with van der Waals surface area (Å²) in [4.78, 5) is 14.4. The molecule has 1 saturated heterocycles. The van der Waals surface area contributed by atoms with Gasteiger partial charge in [-0.2, -0.15) is 0 Å². The number of benzene rings is 1. The fraction of sp³-hybridized carbons (Fsp3) is 0.588. The van der Waals surface area contributed by atoms with Gasteiger partial charge in [0.2, 0.25) is 5.91 Å². The third kappa shape index (κ3) is 3.44. The number of rotatable bonds is 6. The normalized spacial score (nSPS) is 22.1. The van der Waals surface area contributed by atoms with Gasteiger partial charge in [0.25, 0.3) is 0 Å². The number of amides is 1. The molecule has 1 N–H and O–H groups in total. The van der Waals surface area contributed by atoms with Crippen molar-refractivity contribution in [3.05, 3.63) is 34.9 Å². The van der Waals surface area contributed by atoms with Gasteiger partial charge in [-0.3, -0.25) is 10.1 Å². The molecule has 0 saturated carbocycles. The van der Waals surface area contributed by atoms with E-state index in [1.54, 1.807) is 0 Å². The third-order valence-corrected chi connectivity index (χ3v) is 4.07. The molecule has 1 aliphatic heterocycles. The number of hydrogen-bond acceptors (Lipinski definition) is 3. The molecule has 1 heterocycles. The Labute approximate surface area is 127 Å². The Morgan fingerprint density at radius 3 is 2.71 bits per heavy atom. The van der Waals surface area contributed by atoms with E-state index < -0.39 is 0 Å². The van der Waals surface area contributed by atoms with Crippen molar-refractivity contribution in [2.75, 3.05) is 19.8 Å². The molecule has 4 nitrogen and oxygen atoms in total. The second-order valence-electron chi connectivity index (χ2n) is 5.62. The zero-order valence-corrected chi connectivity index (χ0v) is 13.5. The van der Waals surface area contributed by atoms with Crippen LogP contribution in [0.4, 0.5) is 0 Å². The molecule has 1 fully saturated rings. The standard InChI is InChI=1S/C17H26N2O2/c1-5-15-17(20)19(9-10-21-6-2)16(18-15)14-11-12(3)7-8-13(14)4/h7-8,11,15-16,18H,5-6,9-10H2,1-4H3. The summed E-state index contributed by atoms with van der Waals surface area (Å²) in [6.07, 6.45) is 0.772. The number of hydrogen-bond donors (Lipinski definition) is 1. The van der Waals surface area contributed by atoms with E-state index in [0.717, 1.165) is 6.42 Å². The SMILES string of the molecule is CCOCCN1C(=O)C(CC)NC1c1cc(C)ccc1C. The van der Waals surface area contributed by atoms with Crippen molar-refractivity contribution < 1.29 is 9.53 Å². The molecule has 1 aromatic carbocycles. The quantitative estimate of drug-likeness (QED) is 0.819. The minimum absolute atomic E-state index is 0.0391. The first-order chi connectivity index (χ1) is 10.1. The van der Waals surface area contributed by atoms with Crippen molar-refractivity contribution in [1.82, 2.24) is 10.2 Å². The number of nitrogens with zero attached hydrogens (tertiary/aromatic N) is 1. The van der Waals surface area contributed by atoms with E-state index in [9.17, 15) is 4.79 Å². The van der Waals surface area contributed by atoms with Crippen molar-refractivity contribution in [1.29, 1.82) is 0 Å². The van der Waals surface area contributed by atoms with Gasteiger partial charge in [0.05, 0.1) is 12.6 Å². The van der Waals surface area contributed by atoms with Crippen LogP contribution in [0.15, 0.2) is 18.2 Å². The van der Waals surface area contributed by atoms with E-state index in [2.05, 4.69) is 37.4 Å². The lowest BCUT2D eigenvalue weighted by molar-refractivity contribution is -0.130. The Hall–Kier alpha value is -1.39. The van der Waals surface area contributed by atoms with Crippen molar-refractivity contribution in [3.63, 3.8) is 0 Å². The highest BCUT2D eigenvalue weighted by Crippen LogP contribution is 2.29. The van der Waals surface area contributed by atoms with Crippen LogP contribution in [0.25, 0.3) is 0 Å². The number of nitrogens with one attached hydrogen (secondary N) is 1. The number of aryl methyl sites for hydroxylation is 2. The minimum Gasteiger partial charge on any atom is -0.380 e. The number of carbonyl (C=O) groups excluding carboxylic acids is 1. The summed E-state index contributed by atoms with van der Waals surface area (Å²) in [7, 11) is 0. The summed E-state index contributed by atoms with van der Waals surface area (Å²) in [5.41, 5.74) is 3.62. The monoisotopic (exact) mass is 290 g/mol. The Bertz CT molecular complexity index is 502. The second kappa shape index (κ2) is 7.05. The number of carbonyl (C=O) groups is 1. The number of ether oxygens (including phenoxy) is 1. The summed E-state index contributed by atoms with van der Waals surface area (Å²) >= 11 is 0. The molecule has 0 aliphatic carbocycles. The fourth-order valence-corrected chi connectivity index (χ4v) is 2.83. The van der Waals surface area contributed by atoms with Gasteiger partial charge in [0, 0.05) is 13.2 Å². The molecule has 4 heteroatoms. The van der Waals surface area contributed by atoms with Gasteiger partial charge in [0.15, 0.2) is 0 Å². The molecule has 2 unspecified atom stereocenters. The molecule has 1 aromatic rings. The van der Waals surface area contributed by atoms with Gasteiger partial charge in [-0.1, -0.05) is 30.7 Å². The van der Waals surface area contributed by atoms with Crippen LogP contribution in [-0.4, -0.2) is 36.6 Å². The molecule has 2 atom stereocenters. The molecule has 1 aliphatic rings. The summed E-state index contributed by atoms with van der Waals surface area (Å²) in [6, 6.07) is 6.32. The van der Waals surface area contributed by atoms with Gasteiger partial charge in [0.1, 0.15) is 6.17 Å². The van der Waals surface area contributed by atoms with E-state index in [1.807, 2.05) is 18.7 Å². The van der Waals surface area contributed by atoms with Crippen molar-refractivity contribution >= 4 is 5.91 Å². The van der Waals surface area contributed by atoms with Crippen LogP contribution in [0.3, 0.4) is 0 Å². The van der Waals surface area contributed by atoms with Gasteiger partial charge in [-0.15, -0.1) is 0 Å². The summed E-state index contributed by atoms with van der Waals surface area (Å²) in [5, 5.41) is 3.47. The van der Waals surface area contributed by atoms with E-state index >= 15 is 0 Å². The maximum atomic E-state index is 12.5. The topological polar surface area (TPSA) is 41.6 Å². The fourth-order valence-electron chi connectivity index (χ4n) is 2.83. The molecule has 0 spiro atoms. The molecular weight excluding hydrogens is 264 g/mol. The van der Waals surface area contributed by atoms with Crippen LogP contribution < -0.4 is 5.32 Å². The zero-order chi connectivity index (χ0) is 15.4. The van der Waals surface area contributed by atoms with E-state index in [-0.39, 0.29) is 18.1 Å².